The van der Waals surface area contributed by atoms with Crippen molar-refractivity contribution in [3.05, 3.63) is 24.3 Å². The van der Waals surface area contributed by atoms with Gasteiger partial charge in [0.25, 0.3) is 0 Å². The molecule has 0 amide bonds. The van der Waals surface area contributed by atoms with Gasteiger partial charge in [-0.2, -0.15) is 0 Å². The Morgan fingerprint density at radius 1 is 0.512 bits per heavy atom. The lowest BCUT2D eigenvalue weighted by molar-refractivity contribution is -0.150. The molecule has 0 aliphatic carbocycles. The average molecular weight is 605 g/mol. The van der Waals surface area contributed by atoms with Crippen LogP contribution in [0, 0.1) is 0 Å². The topological polar surface area (TPSA) is 63.6 Å². The monoisotopic (exact) mass is 605 g/mol. The molecule has 43 heavy (non-hydrogen) atoms. The number of hydrogen-bond donors (Lipinski definition) is 1. The van der Waals surface area contributed by atoms with E-state index in [4.69, 9.17) is 9.84 Å². The highest BCUT2D eigenvalue weighted by atomic mass is 16.5. The van der Waals surface area contributed by atoms with Gasteiger partial charge in [-0.05, 0) is 70.6 Å². The Labute approximate surface area is 267 Å². The minimum atomic E-state index is -0.683. The summed E-state index contributed by atoms with van der Waals surface area (Å²) in [5, 5.41) is 8.70. The summed E-state index contributed by atoms with van der Waals surface area (Å²) >= 11 is 0. The maximum Gasteiger partial charge on any atom is 0.306 e. The third kappa shape index (κ3) is 34.8. The number of carboxylic acid groups (broad SMARTS) is 1. The van der Waals surface area contributed by atoms with Gasteiger partial charge in [-0.3, -0.25) is 9.59 Å². The van der Waals surface area contributed by atoms with Gasteiger partial charge in [0.15, 0.2) is 0 Å². The fourth-order valence-corrected chi connectivity index (χ4v) is 5.63. The van der Waals surface area contributed by atoms with E-state index in [9.17, 15) is 9.59 Å². The van der Waals surface area contributed by atoms with Crippen LogP contribution in [-0.2, 0) is 14.3 Å². The highest BCUT2D eigenvalue weighted by Crippen LogP contribution is 2.18. The molecule has 0 aromatic carbocycles. The zero-order valence-corrected chi connectivity index (χ0v) is 28.8. The zero-order chi connectivity index (χ0) is 31.5. The van der Waals surface area contributed by atoms with E-state index in [1.54, 1.807) is 0 Å². The van der Waals surface area contributed by atoms with Crippen molar-refractivity contribution in [1.82, 2.24) is 0 Å². The lowest BCUT2D eigenvalue weighted by Crippen LogP contribution is -2.18. The van der Waals surface area contributed by atoms with E-state index < -0.39 is 5.97 Å². The largest absolute Gasteiger partial charge is 0.481 e. The predicted octanol–water partition coefficient (Wildman–Crippen LogP) is 12.8. The number of carbonyl (C=O) groups is 2. The molecule has 0 aromatic rings. The van der Waals surface area contributed by atoms with E-state index in [1.165, 1.54) is 116 Å². The van der Waals surface area contributed by atoms with Crippen LogP contribution in [0.25, 0.3) is 0 Å². The molecule has 0 bridgehead atoms. The Balaban J connectivity index is 3.70. The molecule has 1 unspecified atom stereocenters. The molecular formula is C39H72O4. The number of unbranched alkanes of at least 4 members (excludes halogenated alkanes) is 21. The normalized spacial score (nSPS) is 12.4. The van der Waals surface area contributed by atoms with Crippen LogP contribution in [0.5, 0.6) is 0 Å². The van der Waals surface area contributed by atoms with E-state index in [2.05, 4.69) is 38.2 Å². The molecule has 4 heteroatoms. The van der Waals surface area contributed by atoms with Gasteiger partial charge in [0.2, 0.25) is 0 Å². The minimum absolute atomic E-state index is 0.0138. The Morgan fingerprint density at radius 3 is 1.42 bits per heavy atom. The van der Waals surface area contributed by atoms with Crippen LogP contribution in [0.4, 0.5) is 0 Å². The first-order valence-electron chi connectivity index (χ1n) is 18.8. The van der Waals surface area contributed by atoms with Crippen molar-refractivity contribution in [2.24, 2.45) is 0 Å². The molecule has 0 fully saturated rings. The molecule has 0 radical (unpaired) electrons. The molecule has 0 saturated heterocycles. The van der Waals surface area contributed by atoms with E-state index >= 15 is 0 Å². The molecule has 1 atom stereocenters. The number of esters is 1. The van der Waals surface area contributed by atoms with Crippen LogP contribution in [0.3, 0.4) is 0 Å². The van der Waals surface area contributed by atoms with E-state index in [-0.39, 0.29) is 12.1 Å². The summed E-state index contributed by atoms with van der Waals surface area (Å²) in [4.78, 5) is 23.1. The molecule has 4 nitrogen and oxygen atoms in total. The third-order valence-corrected chi connectivity index (χ3v) is 8.43. The van der Waals surface area contributed by atoms with Crippen LogP contribution >= 0.6 is 0 Å². The lowest BCUT2D eigenvalue weighted by atomic mass is 10.0. The van der Waals surface area contributed by atoms with Crippen molar-refractivity contribution < 1.29 is 19.4 Å². The van der Waals surface area contributed by atoms with Gasteiger partial charge in [-0.1, -0.05) is 147 Å². The molecule has 0 heterocycles. The second-order valence-electron chi connectivity index (χ2n) is 12.8. The summed E-state index contributed by atoms with van der Waals surface area (Å²) in [7, 11) is 0. The fourth-order valence-electron chi connectivity index (χ4n) is 5.63. The van der Waals surface area contributed by atoms with E-state index in [0.717, 1.165) is 64.2 Å². The van der Waals surface area contributed by atoms with Gasteiger partial charge in [0, 0.05) is 12.8 Å². The smallest absolute Gasteiger partial charge is 0.306 e. The van der Waals surface area contributed by atoms with Gasteiger partial charge >= 0.3 is 11.9 Å². The Bertz CT molecular complexity index is 654. The predicted molar refractivity (Wildman–Crippen MR) is 186 cm³/mol. The van der Waals surface area contributed by atoms with Gasteiger partial charge in [0.1, 0.15) is 6.10 Å². The van der Waals surface area contributed by atoms with Crippen molar-refractivity contribution in [2.75, 3.05) is 0 Å². The van der Waals surface area contributed by atoms with Crippen LogP contribution in [0.15, 0.2) is 24.3 Å². The van der Waals surface area contributed by atoms with Crippen molar-refractivity contribution >= 4 is 11.9 Å². The van der Waals surface area contributed by atoms with Crippen molar-refractivity contribution in [3.63, 3.8) is 0 Å². The zero-order valence-electron chi connectivity index (χ0n) is 28.8. The van der Waals surface area contributed by atoms with E-state index in [1.807, 2.05) is 0 Å². The standard InChI is InChI=1S/C39H72O4/c1-3-5-7-8-9-10-11-12-13-14-15-16-17-18-19-20-25-28-32-36-39(42)43-37(33-29-6-4-2)34-30-26-23-21-22-24-27-31-35-38(40)41/h9-10,12-13,37H,3-8,11,14-36H2,1-2H3,(H,40,41)/b10-9-,13-12-. The summed E-state index contributed by atoms with van der Waals surface area (Å²) in [6.07, 6.45) is 43.7. The first-order chi connectivity index (χ1) is 21.1. The molecular weight excluding hydrogens is 532 g/mol. The van der Waals surface area contributed by atoms with Gasteiger partial charge in [-0.15, -0.1) is 0 Å². The molecule has 0 aliphatic rings. The summed E-state index contributed by atoms with van der Waals surface area (Å²) < 4.78 is 5.93. The number of allylic oxidation sites excluding steroid dienone is 4. The van der Waals surface area contributed by atoms with Crippen LogP contribution in [-0.4, -0.2) is 23.1 Å². The third-order valence-electron chi connectivity index (χ3n) is 8.43. The summed E-state index contributed by atoms with van der Waals surface area (Å²) in [5.74, 6) is -0.670. The Morgan fingerprint density at radius 2 is 0.907 bits per heavy atom. The van der Waals surface area contributed by atoms with Crippen LogP contribution in [0.1, 0.15) is 206 Å². The average Bonchev–Trinajstić information content (AvgIpc) is 2.99. The number of carboxylic acids is 1. The second kappa shape index (κ2) is 34.9. The van der Waals surface area contributed by atoms with Gasteiger partial charge in [-0.25, -0.2) is 0 Å². The lowest BCUT2D eigenvalue weighted by Gasteiger charge is -2.18. The maximum absolute atomic E-state index is 12.5. The highest BCUT2D eigenvalue weighted by Gasteiger charge is 2.14. The van der Waals surface area contributed by atoms with Crippen LogP contribution < -0.4 is 0 Å². The van der Waals surface area contributed by atoms with Crippen molar-refractivity contribution in [3.8, 4) is 0 Å². The molecule has 0 rings (SSSR count). The Kier molecular flexibility index (Phi) is 33.6. The number of aliphatic carboxylic acids is 1. The summed E-state index contributed by atoms with van der Waals surface area (Å²) in [6, 6.07) is 0. The molecule has 0 spiro atoms. The molecule has 252 valence electrons. The summed E-state index contributed by atoms with van der Waals surface area (Å²) in [5.41, 5.74) is 0. The number of ether oxygens (including phenoxy) is 1. The fraction of sp³-hybridized carbons (Fsp3) is 0.846. The number of hydrogen-bond acceptors (Lipinski definition) is 3. The van der Waals surface area contributed by atoms with Crippen LogP contribution in [0.2, 0.25) is 0 Å². The highest BCUT2D eigenvalue weighted by molar-refractivity contribution is 5.69. The second-order valence-corrected chi connectivity index (χ2v) is 12.8. The molecule has 0 saturated carbocycles. The Hall–Kier alpha value is -1.58. The summed E-state index contributed by atoms with van der Waals surface area (Å²) in [6.45, 7) is 4.48. The molecule has 0 aromatic heterocycles. The van der Waals surface area contributed by atoms with Crippen molar-refractivity contribution in [1.29, 1.82) is 0 Å². The number of carbonyl (C=O) groups excluding carboxylic acids is 1. The van der Waals surface area contributed by atoms with E-state index in [0.29, 0.717) is 12.8 Å². The first-order valence-corrected chi connectivity index (χ1v) is 18.8. The molecule has 0 aliphatic heterocycles. The minimum Gasteiger partial charge on any atom is -0.481 e. The van der Waals surface area contributed by atoms with Gasteiger partial charge < -0.3 is 9.84 Å². The first kappa shape index (κ1) is 41.4. The number of rotatable bonds is 34. The van der Waals surface area contributed by atoms with Gasteiger partial charge in [0.05, 0.1) is 0 Å². The quantitative estimate of drug-likeness (QED) is 0.0451. The molecule has 1 N–H and O–H groups in total. The van der Waals surface area contributed by atoms with Crippen molar-refractivity contribution in [2.45, 2.75) is 213 Å². The SMILES string of the molecule is CCCCC/C=C\C/C=C\CCCCCCCCCCCC(=O)OC(CCCCC)CCCCCCCCCCC(=O)O. The maximum atomic E-state index is 12.5.